The van der Waals surface area contributed by atoms with E-state index in [0.29, 0.717) is 0 Å². The van der Waals surface area contributed by atoms with Crippen molar-refractivity contribution in [2.45, 2.75) is 19.8 Å². The smallest absolute Gasteiger partial charge is 0.00249 e. The molecule has 13 heavy (non-hydrogen) atoms. The van der Waals surface area contributed by atoms with Crippen LogP contribution in [-0.2, 0) is 0 Å². The molecule has 74 valence electrons. The van der Waals surface area contributed by atoms with Gasteiger partial charge in [0, 0.05) is 0 Å². The van der Waals surface area contributed by atoms with Crippen LogP contribution in [-0.4, -0.2) is 25.5 Å². The molecule has 0 aliphatic carbocycles. The highest BCUT2D eigenvalue weighted by Gasteiger charge is 1.83. The third-order valence-electron chi connectivity index (χ3n) is 1.63. The van der Waals surface area contributed by atoms with Gasteiger partial charge >= 0.3 is 0 Å². The molecule has 0 heterocycles. The van der Waals surface area contributed by atoms with E-state index in [0.717, 1.165) is 0 Å². The lowest BCUT2D eigenvalue weighted by Gasteiger charge is -2.05. The zero-order valence-electron chi connectivity index (χ0n) is 9.03. The molecule has 0 bridgehead atoms. The first-order valence-electron chi connectivity index (χ1n) is 4.92. The second-order valence-electron chi connectivity index (χ2n) is 3.31. The van der Waals surface area contributed by atoms with E-state index in [2.05, 4.69) is 25.9 Å². The molecule has 0 unspecified atom stereocenters. The predicted molar refractivity (Wildman–Crippen MR) is 59.9 cm³/mol. The normalized spacial score (nSPS) is 9.23. The Morgan fingerprint density at radius 2 is 1.23 bits per heavy atom. The van der Waals surface area contributed by atoms with Gasteiger partial charge < -0.3 is 4.90 Å². The van der Waals surface area contributed by atoms with Gasteiger partial charge in [-0.15, -0.1) is 0 Å². The van der Waals surface area contributed by atoms with Crippen LogP contribution in [0.4, 0.5) is 0 Å². The van der Waals surface area contributed by atoms with E-state index in [-0.39, 0.29) is 0 Å². The average Bonchev–Trinajstić information content (AvgIpc) is 2.18. The summed E-state index contributed by atoms with van der Waals surface area (Å²) >= 11 is 0. The van der Waals surface area contributed by atoms with Crippen molar-refractivity contribution in [3.05, 3.63) is 36.4 Å². The second kappa shape index (κ2) is 9.27. The summed E-state index contributed by atoms with van der Waals surface area (Å²) in [6.07, 6.45) is 2.63. The van der Waals surface area contributed by atoms with E-state index >= 15 is 0 Å². The predicted octanol–water partition coefficient (Wildman–Crippen LogP) is 3.03. The molecular formula is C12H21N. The quantitative estimate of drug-likeness (QED) is 0.689. The highest BCUT2D eigenvalue weighted by atomic mass is 15.0. The Kier molecular flexibility index (Phi) is 8.68. The summed E-state index contributed by atoms with van der Waals surface area (Å²) in [6, 6.07) is 12.0. The Morgan fingerprint density at radius 1 is 0.846 bits per heavy atom. The van der Waals surface area contributed by atoms with Crippen molar-refractivity contribution in [1.82, 2.24) is 4.90 Å². The first-order valence-corrected chi connectivity index (χ1v) is 4.92. The van der Waals surface area contributed by atoms with Crippen molar-refractivity contribution < 1.29 is 0 Å². The van der Waals surface area contributed by atoms with E-state index < -0.39 is 0 Å². The average molecular weight is 179 g/mol. The molecule has 1 aromatic carbocycles. The van der Waals surface area contributed by atoms with Gasteiger partial charge in [-0.25, -0.2) is 0 Å². The van der Waals surface area contributed by atoms with Crippen molar-refractivity contribution in [3.63, 3.8) is 0 Å². The Balaban J connectivity index is 0.000000223. The van der Waals surface area contributed by atoms with Crippen molar-refractivity contribution in [2.75, 3.05) is 20.6 Å². The lowest BCUT2D eigenvalue weighted by molar-refractivity contribution is 0.398. The third-order valence-corrected chi connectivity index (χ3v) is 1.63. The van der Waals surface area contributed by atoms with Crippen LogP contribution in [0.1, 0.15) is 19.8 Å². The van der Waals surface area contributed by atoms with Crippen LogP contribution in [0.3, 0.4) is 0 Å². The molecule has 0 saturated carbocycles. The molecule has 1 aromatic rings. The third kappa shape index (κ3) is 11.2. The minimum atomic E-state index is 1.23. The Labute approximate surface area is 82.4 Å². The van der Waals surface area contributed by atoms with E-state index in [9.17, 15) is 0 Å². The number of unbranched alkanes of at least 4 members (excludes halogenated alkanes) is 1. The lowest BCUT2D eigenvalue weighted by atomic mass is 10.3. The number of hydrogen-bond donors (Lipinski definition) is 0. The molecule has 0 radical (unpaired) electrons. The molecule has 0 aliphatic rings. The Hall–Kier alpha value is -0.820. The zero-order chi connectivity index (χ0) is 9.94. The van der Waals surface area contributed by atoms with Crippen LogP contribution in [0.5, 0.6) is 0 Å². The second-order valence-corrected chi connectivity index (χ2v) is 3.31. The van der Waals surface area contributed by atoms with Crippen LogP contribution in [0.25, 0.3) is 0 Å². The van der Waals surface area contributed by atoms with Crippen molar-refractivity contribution in [3.8, 4) is 0 Å². The minimum Gasteiger partial charge on any atom is -0.309 e. The highest BCUT2D eigenvalue weighted by molar-refractivity contribution is 4.99. The minimum absolute atomic E-state index is 1.23. The molecule has 1 rings (SSSR count). The van der Waals surface area contributed by atoms with Crippen molar-refractivity contribution in [1.29, 1.82) is 0 Å². The van der Waals surface area contributed by atoms with Crippen molar-refractivity contribution >= 4 is 0 Å². The van der Waals surface area contributed by atoms with Gasteiger partial charge in [-0.3, -0.25) is 0 Å². The summed E-state index contributed by atoms with van der Waals surface area (Å²) in [4.78, 5) is 2.21. The molecule has 0 amide bonds. The van der Waals surface area contributed by atoms with Crippen LogP contribution in [0, 0.1) is 0 Å². The molecule has 0 N–H and O–H groups in total. The van der Waals surface area contributed by atoms with Gasteiger partial charge in [0.2, 0.25) is 0 Å². The number of hydrogen-bond acceptors (Lipinski definition) is 1. The fraction of sp³-hybridized carbons (Fsp3) is 0.500. The monoisotopic (exact) mass is 179 g/mol. The summed E-state index contributed by atoms with van der Waals surface area (Å²) in [5.74, 6) is 0. The maximum Gasteiger partial charge on any atom is -0.00249 e. The number of rotatable bonds is 3. The summed E-state index contributed by atoms with van der Waals surface area (Å²) in [5, 5.41) is 0. The number of nitrogens with zero attached hydrogens (tertiary/aromatic N) is 1. The van der Waals surface area contributed by atoms with E-state index in [1.807, 2.05) is 36.4 Å². The largest absolute Gasteiger partial charge is 0.309 e. The number of benzene rings is 1. The van der Waals surface area contributed by atoms with Gasteiger partial charge in [-0.05, 0) is 27.1 Å². The molecule has 0 spiro atoms. The summed E-state index contributed by atoms with van der Waals surface area (Å²) < 4.78 is 0. The summed E-state index contributed by atoms with van der Waals surface area (Å²) in [7, 11) is 4.21. The molecule has 0 atom stereocenters. The van der Waals surface area contributed by atoms with Crippen LogP contribution in [0.2, 0.25) is 0 Å². The van der Waals surface area contributed by atoms with Gasteiger partial charge in [0.15, 0.2) is 0 Å². The van der Waals surface area contributed by atoms with Gasteiger partial charge in [0.25, 0.3) is 0 Å². The van der Waals surface area contributed by atoms with Crippen LogP contribution < -0.4 is 0 Å². The molecule has 0 fully saturated rings. The fourth-order valence-corrected chi connectivity index (χ4v) is 0.859. The highest BCUT2D eigenvalue weighted by Crippen LogP contribution is 1.86. The topological polar surface area (TPSA) is 3.24 Å². The molecular weight excluding hydrogens is 158 g/mol. The Bertz CT molecular complexity index is 143. The van der Waals surface area contributed by atoms with Crippen molar-refractivity contribution in [2.24, 2.45) is 0 Å². The van der Waals surface area contributed by atoms with Crippen LogP contribution >= 0.6 is 0 Å². The first-order chi connectivity index (χ1) is 6.27. The maximum atomic E-state index is 2.21. The van der Waals surface area contributed by atoms with E-state index in [4.69, 9.17) is 0 Å². The zero-order valence-corrected chi connectivity index (χ0v) is 9.03. The van der Waals surface area contributed by atoms with Gasteiger partial charge in [-0.1, -0.05) is 49.7 Å². The van der Waals surface area contributed by atoms with E-state index in [1.54, 1.807) is 0 Å². The fourth-order valence-electron chi connectivity index (χ4n) is 0.859. The van der Waals surface area contributed by atoms with Gasteiger partial charge in [-0.2, -0.15) is 0 Å². The van der Waals surface area contributed by atoms with E-state index in [1.165, 1.54) is 19.4 Å². The summed E-state index contributed by atoms with van der Waals surface area (Å²) in [6.45, 7) is 3.44. The molecule has 1 nitrogen and oxygen atoms in total. The summed E-state index contributed by atoms with van der Waals surface area (Å²) in [5.41, 5.74) is 0. The lowest BCUT2D eigenvalue weighted by Crippen LogP contribution is -2.12. The van der Waals surface area contributed by atoms with Crippen LogP contribution in [0.15, 0.2) is 36.4 Å². The molecule has 0 aromatic heterocycles. The first kappa shape index (κ1) is 12.2. The Morgan fingerprint density at radius 3 is 1.38 bits per heavy atom. The maximum absolute atomic E-state index is 2.21. The van der Waals surface area contributed by atoms with Gasteiger partial charge in [0.05, 0.1) is 0 Å². The SMILES string of the molecule is CCCCN(C)C.c1ccccc1. The molecule has 0 saturated heterocycles. The molecule has 1 heteroatoms. The molecule has 0 aliphatic heterocycles. The standard InChI is InChI=1S/C6H15N.C6H6/c1-4-5-6-7(2)3;1-2-4-6-5-3-1/h4-6H2,1-3H3;1-6H. The van der Waals surface area contributed by atoms with Gasteiger partial charge in [0.1, 0.15) is 0 Å².